The number of aromatic nitrogens is 3. The third-order valence-electron chi connectivity index (χ3n) is 10.5. The largest absolute Gasteiger partial charge is 0.508 e. The fourth-order valence-corrected chi connectivity index (χ4v) is 7.67. The minimum Gasteiger partial charge on any atom is -0.508 e. The average molecular weight is 639 g/mol. The van der Waals surface area contributed by atoms with Gasteiger partial charge in [-0.05, 0) is 87.7 Å². The van der Waals surface area contributed by atoms with Crippen LogP contribution in [0, 0.1) is 24.0 Å². The molecule has 1 saturated carbocycles. The molecule has 2 aliphatic heterocycles. The number of phenolic OH excluding ortho intramolecular Hbond substituents is 1. The number of likely N-dealkylation sites (N-methyl/N-ethyl adjacent to an activating group) is 1. The van der Waals surface area contributed by atoms with E-state index in [1.165, 1.54) is 36.5 Å². The third-order valence-corrected chi connectivity index (χ3v) is 10.5. The maximum Gasteiger partial charge on any atom is 0.319 e. The topological polar surface area (TPSA) is 104 Å². The molecule has 4 heterocycles. The Hall–Kier alpha value is -4.82. The van der Waals surface area contributed by atoms with Crippen molar-refractivity contribution in [3.63, 3.8) is 0 Å². The maximum absolute atomic E-state index is 16.8. The molecule has 9 nitrogen and oxygen atoms in total. The Morgan fingerprint density at radius 2 is 1.96 bits per heavy atom. The number of pyridine rings is 1. The monoisotopic (exact) mass is 638 g/mol. The molecule has 2 aromatic carbocycles. The number of fused-ring (bicyclic) bond motifs is 3. The summed E-state index contributed by atoms with van der Waals surface area (Å²) in [7, 11) is 1.76. The Morgan fingerprint density at radius 3 is 2.64 bits per heavy atom. The normalized spacial score (nSPS) is 18.0. The zero-order valence-corrected chi connectivity index (χ0v) is 26.3. The van der Waals surface area contributed by atoms with Crippen molar-refractivity contribution in [2.75, 3.05) is 38.6 Å². The van der Waals surface area contributed by atoms with Crippen LogP contribution in [0.1, 0.15) is 50.5 Å². The van der Waals surface area contributed by atoms with Crippen LogP contribution in [0.25, 0.3) is 32.9 Å². The second kappa shape index (κ2) is 11.8. The molecule has 0 bridgehead atoms. The van der Waals surface area contributed by atoms with Crippen LogP contribution < -0.4 is 10.1 Å². The van der Waals surface area contributed by atoms with Crippen molar-refractivity contribution in [3.8, 4) is 35.4 Å². The van der Waals surface area contributed by atoms with Gasteiger partial charge in [-0.1, -0.05) is 18.6 Å². The third kappa shape index (κ3) is 5.11. The van der Waals surface area contributed by atoms with E-state index in [9.17, 15) is 14.3 Å². The summed E-state index contributed by atoms with van der Waals surface area (Å²) in [6, 6.07) is 5.46. The van der Waals surface area contributed by atoms with Gasteiger partial charge in [0.15, 0.2) is 5.82 Å². The van der Waals surface area contributed by atoms with E-state index in [1.807, 2.05) is 0 Å². The van der Waals surface area contributed by atoms with E-state index in [0.717, 1.165) is 58.0 Å². The minimum absolute atomic E-state index is 0.0125. The SMILES string of the molecule is C#Cc1c(F)ccc2cc(O)cc(-c3ncc4c(NCC5(N(C)C(=O)C=C)CCC5)nc(OCC56CCCN5CCC6)nc4c3F)c12. The Bertz CT molecular complexity index is 1960. The number of phenols is 1. The zero-order chi connectivity index (χ0) is 32.9. The van der Waals surface area contributed by atoms with Gasteiger partial charge in [0.05, 0.1) is 22.0 Å². The van der Waals surface area contributed by atoms with Gasteiger partial charge in [-0.25, -0.2) is 8.78 Å². The van der Waals surface area contributed by atoms with Gasteiger partial charge in [0.25, 0.3) is 0 Å². The van der Waals surface area contributed by atoms with Crippen molar-refractivity contribution in [3.05, 3.63) is 60.3 Å². The maximum atomic E-state index is 16.8. The minimum atomic E-state index is -0.796. The Labute approximate surface area is 271 Å². The molecule has 4 aromatic rings. The first-order valence-electron chi connectivity index (χ1n) is 16.0. The molecule has 2 saturated heterocycles. The fraction of sp³-hybridized carbons (Fsp3) is 0.389. The molecule has 2 N–H and O–H groups in total. The number of carbonyl (C=O) groups is 1. The van der Waals surface area contributed by atoms with Crippen molar-refractivity contribution in [2.24, 2.45) is 0 Å². The highest BCUT2D eigenvalue weighted by molar-refractivity contribution is 6.03. The van der Waals surface area contributed by atoms with Crippen LogP contribution in [0.4, 0.5) is 14.6 Å². The molecule has 242 valence electrons. The van der Waals surface area contributed by atoms with Crippen LogP contribution in [0.2, 0.25) is 0 Å². The summed E-state index contributed by atoms with van der Waals surface area (Å²) in [5.74, 6) is 0.907. The summed E-state index contributed by atoms with van der Waals surface area (Å²) in [6.45, 7) is 6.41. The number of hydrogen-bond donors (Lipinski definition) is 2. The summed E-state index contributed by atoms with van der Waals surface area (Å²) < 4.78 is 37.9. The lowest BCUT2D eigenvalue weighted by Crippen LogP contribution is -2.58. The standard InChI is InChI=1S/C36H36F2N6O3/c1-4-24-27(37)10-9-22-17-23(45)18-25(29(22)24)31-30(38)32-26(19-39-31)33(40-20-35(11-6-12-35)43(3)28(46)5-2)42-34(41-32)47-21-36-13-7-15-44(36)16-8-14-36/h1,5,9-10,17-19,45H,2,6-8,11-16,20-21H2,3H3,(H,40,41,42). The highest BCUT2D eigenvalue weighted by Crippen LogP contribution is 2.42. The Morgan fingerprint density at radius 1 is 1.19 bits per heavy atom. The molecule has 11 heteroatoms. The number of aromatic hydroxyl groups is 1. The highest BCUT2D eigenvalue weighted by atomic mass is 19.1. The number of halogens is 2. The van der Waals surface area contributed by atoms with E-state index < -0.39 is 17.2 Å². The van der Waals surface area contributed by atoms with Crippen LogP contribution in [0.5, 0.6) is 11.8 Å². The zero-order valence-electron chi connectivity index (χ0n) is 26.3. The summed E-state index contributed by atoms with van der Waals surface area (Å²) >= 11 is 0. The van der Waals surface area contributed by atoms with Crippen molar-refractivity contribution in [2.45, 2.75) is 56.0 Å². The molecule has 47 heavy (non-hydrogen) atoms. The molecule has 0 unspecified atom stereocenters. The van der Waals surface area contributed by atoms with Gasteiger partial charge in [-0.15, -0.1) is 6.42 Å². The number of rotatable bonds is 9. The molecule has 1 amide bonds. The van der Waals surface area contributed by atoms with Crippen LogP contribution in [0.15, 0.2) is 43.1 Å². The van der Waals surface area contributed by atoms with Gasteiger partial charge < -0.3 is 20.1 Å². The first-order chi connectivity index (χ1) is 22.7. The molecule has 0 spiro atoms. The summed E-state index contributed by atoms with van der Waals surface area (Å²) in [4.78, 5) is 30.4. The number of nitrogens with zero attached hydrogens (tertiary/aromatic N) is 5. The van der Waals surface area contributed by atoms with Gasteiger partial charge in [0.2, 0.25) is 5.91 Å². The van der Waals surface area contributed by atoms with Crippen molar-refractivity contribution in [1.29, 1.82) is 0 Å². The second-order valence-electron chi connectivity index (χ2n) is 12.9. The molecule has 3 aliphatic rings. The lowest BCUT2D eigenvalue weighted by atomic mass is 9.75. The van der Waals surface area contributed by atoms with E-state index in [4.69, 9.17) is 16.1 Å². The number of terminal acetylenes is 1. The molecule has 2 aromatic heterocycles. The van der Waals surface area contributed by atoms with Crippen LogP contribution in [-0.2, 0) is 4.79 Å². The smallest absolute Gasteiger partial charge is 0.319 e. The van der Waals surface area contributed by atoms with Crippen molar-refractivity contribution >= 4 is 33.4 Å². The van der Waals surface area contributed by atoms with E-state index in [2.05, 4.69) is 32.7 Å². The summed E-state index contributed by atoms with van der Waals surface area (Å²) in [5.41, 5.74) is -0.685. The van der Waals surface area contributed by atoms with Crippen LogP contribution >= 0.6 is 0 Å². The predicted octanol–water partition coefficient (Wildman–Crippen LogP) is 5.80. The number of amides is 1. The number of hydrogen-bond acceptors (Lipinski definition) is 8. The van der Waals surface area contributed by atoms with Crippen LogP contribution in [0.3, 0.4) is 0 Å². The van der Waals surface area contributed by atoms with E-state index in [-0.39, 0.29) is 50.9 Å². The molecule has 3 fully saturated rings. The lowest BCUT2D eigenvalue weighted by Gasteiger charge is -2.48. The summed E-state index contributed by atoms with van der Waals surface area (Å²) in [5, 5.41) is 14.9. The van der Waals surface area contributed by atoms with Gasteiger partial charge in [0.1, 0.15) is 35.2 Å². The van der Waals surface area contributed by atoms with Crippen LogP contribution in [-0.4, -0.2) is 80.1 Å². The van der Waals surface area contributed by atoms with E-state index >= 15 is 4.39 Å². The highest BCUT2D eigenvalue weighted by Gasteiger charge is 2.45. The Kier molecular flexibility index (Phi) is 7.71. The molecular formula is C36H36F2N6O3. The van der Waals surface area contributed by atoms with E-state index in [1.54, 1.807) is 11.9 Å². The number of nitrogens with one attached hydrogen (secondary N) is 1. The second-order valence-corrected chi connectivity index (χ2v) is 12.9. The lowest BCUT2D eigenvalue weighted by molar-refractivity contribution is -0.133. The van der Waals surface area contributed by atoms with Gasteiger partial charge >= 0.3 is 6.01 Å². The summed E-state index contributed by atoms with van der Waals surface area (Å²) in [6.07, 6.45) is 15.2. The quantitative estimate of drug-likeness (QED) is 0.175. The molecule has 7 rings (SSSR count). The first-order valence-corrected chi connectivity index (χ1v) is 16.0. The predicted molar refractivity (Wildman–Crippen MR) is 176 cm³/mol. The number of carbonyl (C=O) groups excluding carboxylic acids is 1. The van der Waals surface area contributed by atoms with Gasteiger partial charge in [-0.3, -0.25) is 14.7 Å². The first kappa shape index (κ1) is 30.8. The van der Waals surface area contributed by atoms with Gasteiger partial charge in [0, 0.05) is 30.7 Å². The fourth-order valence-electron chi connectivity index (χ4n) is 7.67. The molecule has 1 aliphatic carbocycles. The van der Waals surface area contributed by atoms with Gasteiger partial charge in [-0.2, -0.15) is 9.97 Å². The molecule has 0 radical (unpaired) electrons. The molecular weight excluding hydrogens is 602 g/mol. The van der Waals surface area contributed by atoms with Crippen molar-refractivity contribution < 1.29 is 23.4 Å². The number of anilines is 1. The van der Waals surface area contributed by atoms with E-state index in [0.29, 0.717) is 29.7 Å². The molecule has 0 atom stereocenters. The average Bonchev–Trinajstić information content (AvgIpc) is 3.64. The Balaban J connectivity index is 1.34. The van der Waals surface area contributed by atoms with Crippen molar-refractivity contribution in [1.82, 2.24) is 24.8 Å². The number of ether oxygens (including phenoxy) is 1. The number of benzene rings is 2.